The number of aryl methyl sites for hydroxylation is 1. The molecule has 0 spiro atoms. The maximum atomic E-state index is 12.2. The second-order valence-electron chi connectivity index (χ2n) is 4.76. The summed E-state index contributed by atoms with van der Waals surface area (Å²) in [7, 11) is 0. The third kappa shape index (κ3) is 3.20. The molecule has 0 radical (unpaired) electrons. The van der Waals surface area contributed by atoms with Gasteiger partial charge in [-0.25, -0.2) is 0 Å². The Morgan fingerprint density at radius 1 is 1.09 bits per heavy atom. The molecule has 0 aliphatic carbocycles. The van der Waals surface area contributed by atoms with E-state index in [1.165, 1.54) is 0 Å². The molecule has 0 unspecified atom stereocenters. The molecule has 5 nitrogen and oxygen atoms in total. The Hall–Kier alpha value is -2.95. The lowest BCUT2D eigenvalue weighted by molar-refractivity contribution is 0.100. The molecule has 1 heterocycles. The molecular formula is C17H14N2O3. The smallest absolute Gasteiger partial charge is 0.289 e. The highest BCUT2D eigenvalue weighted by molar-refractivity contribution is 6.06. The highest BCUT2D eigenvalue weighted by atomic mass is 16.5. The molecule has 0 fully saturated rings. The fourth-order valence-electron chi connectivity index (χ4n) is 1.98. The average Bonchev–Trinajstić information content (AvgIpc) is 3.00. The van der Waals surface area contributed by atoms with Crippen LogP contribution < -0.4 is 4.74 Å². The highest BCUT2D eigenvalue weighted by Crippen LogP contribution is 2.17. The van der Waals surface area contributed by atoms with Crippen molar-refractivity contribution < 1.29 is 13.9 Å². The van der Waals surface area contributed by atoms with Crippen LogP contribution in [0.15, 0.2) is 59.0 Å². The summed E-state index contributed by atoms with van der Waals surface area (Å²) in [6.45, 7) is 2.08. The molecule has 1 aromatic heterocycles. The summed E-state index contributed by atoms with van der Waals surface area (Å²) in [5.74, 6) is 0.647. The van der Waals surface area contributed by atoms with Gasteiger partial charge in [-0.15, -0.1) is 10.2 Å². The lowest BCUT2D eigenvalue weighted by Crippen LogP contribution is -2.03. The molecule has 3 aromatic rings. The predicted octanol–water partition coefficient (Wildman–Crippen LogP) is 3.19. The van der Waals surface area contributed by atoms with Gasteiger partial charge in [-0.2, -0.15) is 0 Å². The molecule has 0 saturated carbocycles. The Morgan fingerprint density at radius 2 is 1.91 bits per heavy atom. The number of aromatic nitrogens is 2. The SMILES string of the molecule is Cc1nnc(C(=O)c2cccc(OCc3ccccc3)c2)o1. The number of ether oxygens (including phenoxy) is 1. The number of hydrogen-bond donors (Lipinski definition) is 0. The normalized spacial score (nSPS) is 10.4. The lowest BCUT2D eigenvalue weighted by Gasteiger charge is -2.07. The van der Waals surface area contributed by atoms with E-state index in [-0.39, 0.29) is 11.7 Å². The van der Waals surface area contributed by atoms with Crippen LogP contribution in [0.3, 0.4) is 0 Å². The number of carbonyl (C=O) groups excluding carboxylic acids is 1. The van der Waals surface area contributed by atoms with Gasteiger partial charge in [0.15, 0.2) is 0 Å². The van der Waals surface area contributed by atoms with E-state index in [1.807, 2.05) is 30.3 Å². The van der Waals surface area contributed by atoms with E-state index in [2.05, 4.69) is 10.2 Å². The topological polar surface area (TPSA) is 65.2 Å². The molecule has 3 rings (SSSR count). The molecule has 5 heteroatoms. The van der Waals surface area contributed by atoms with Gasteiger partial charge in [-0.05, 0) is 17.7 Å². The van der Waals surface area contributed by atoms with E-state index in [4.69, 9.17) is 9.15 Å². The standard InChI is InChI=1S/C17H14N2O3/c1-12-18-19-17(22-12)16(20)14-8-5-9-15(10-14)21-11-13-6-3-2-4-7-13/h2-10H,11H2,1H3. The lowest BCUT2D eigenvalue weighted by atomic mass is 10.1. The van der Waals surface area contributed by atoms with Gasteiger partial charge in [0.05, 0.1) is 0 Å². The zero-order valence-corrected chi connectivity index (χ0v) is 12.0. The molecule has 0 atom stereocenters. The molecule has 0 aliphatic rings. The number of nitrogens with zero attached hydrogens (tertiary/aromatic N) is 2. The fourth-order valence-corrected chi connectivity index (χ4v) is 1.98. The number of ketones is 1. The van der Waals surface area contributed by atoms with Gasteiger partial charge in [0.25, 0.3) is 5.89 Å². The van der Waals surface area contributed by atoms with Crippen LogP contribution in [0.2, 0.25) is 0 Å². The van der Waals surface area contributed by atoms with E-state index in [1.54, 1.807) is 31.2 Å². The van der Waals surface area contributed by atoms with E-state index < -0.39 is 0 Å². The maximum absolute atomic E-state index is 12.2. The van der Waals surface area contributed by atoms with E-state index in [0.717, 1.165) is 5.56 Å². The summed E-state index contributed by atoms with van der Waals surface area (Å²) in [5, 5.41) is 7.40. The Kier molecular flexibility index (Phi) is 3.96. The number of rotatable bonds is 5. The Labute approximate surface area is 127 Å². The first kappa shape index (κ1) is 14.0. The van der Waals surface area contributed by atoms with Crippen LogP contribution in [0.4, 0.5) is 0 Å². The second-order valence-corrected chi connectivity index (χ2v) is 4.76. The first-order valence-corrected chi connectivity index (χ1v) is 6.84. The van der Waals surface area contributed by atoms with Crippen molar-refractivity contribution in [2.75, 3.05) is 0 Å². The third-order valence-corrected chi connectivity index (χ3v) is 3.06. The maximum Gasteiger partial charge on any atom is 0.289 e. The zero-order chi connectivity index (χ0) is 15.4. The molecule has 0 amide bonds. The van der Waals surface area contributed by atoms with Crippen LogP contribution >= 0.6 is 0 Å². The summed E-state index contributed by atoms with van der Waals surface area (Å²) in [6, 6.07) is 16.8. The molecule has 0 bridgehead atoms. The number of carbonyl (C=O) groups is 1. The van der Waals surface area contributed by atoms with Gasteiger partial charge < -0.3 is 9.15 Å². The van der Waals surface area contributed by atoms with Crippen LogP contribution in [0.1, 0.15) is 27.7 Å². The highest BCUT2D eigenvalue weighted by Gasteiger charge is 2.16. The van der Waals surface area contributed by atoms with Gasteiger partial charge >= 0.3 is 0 Å². The van der Waals surface area contributed by atoms with Crippen LogP contribution in [0.5, 0.6) is 5.75 Å². The minimum Gasteiger partial charge on any atom is -0.489 e. The average molecular weight is 294 g/mol. The summed E-state index contributed by atoms with van der Waals surface area (Å²) in [5.41, 5.74) is 1.51. The number of hydrogen-bond acceptors (Lipinski definition) is 5. The minimum atomic E-state index is -0.314. The first-order valence-electron chi connectivity index (χ1n) is 6.84. The van der Waals surface area contributed by atoms with Gasteiger partial charge in [-0.1, -0.05) is 42.5 Å². The van der Waals surface area contributed by atoms with Crippen molar-refractivity contribution in [2.45, 2.75) is 13.5 Å². The van der Waals surface area contributed by atoms with Crippen molar-refractivity contribution >= 4 is 5.78 Å². The quantitative estimate of drug-likeness (QED) is 0.676. The molecular weight excluding hydrogens is 280 g/mol. The van der Waals surface area contributed by atoms with Gasteiger partial charge in [0.1, 0.15) is 12.4 Å². The molecule has 110 valence electrons. The second kappa shape index (κ2) is 6.22. The predicted molar refractivity (Wildman–Crippen MR) is 79.7 cm³/mol. The van der Waals surface area contributed by atoms with E-state index >= 15 is 0 Å². The third-order valence-electron chi connectivity index (χ3n) is 3.06. The van der Waals surface area contributed by atoms with Crippen molar-refractivity contribution in [3.63, 3.8) is 0 Å². The van der Waals surface area contributed by atoms with Gasteiger partial charge in [-0.3, -0.25) is 4.79 Å². The van der Waals surface area contributed by atoms with Crippen molar-refractivity contribution in [2.24, 2.45) is 0 Å². The van der Waals surface area contributed by atoms with Crippen LogP contribution in [0, 0.1) is 6.92 Å². The fraction of sp³-hybridized carbons (Fsp3) is 0.118. The van der Waals surface area contributed by atoms with Gasteiger partial charge in [0, 0.05) is 12.5 Å². The molecule has 0 aliphatic heterocycles. The van der Waals surface area contributed by atoms with E-state index in [9.17, 15) is 4.79 Å². The summed E-state index contributed by atoms with van der Waals surface area (Å²) >= 11 is 0. The Bertz CT molecular complexity index is 781. The van der Waals surface area contributed by atoms with E-state index in [0.29, 0.717) is 23.8 Å². The Balaban J connectivity index is 1.74. The van der Waals surface area contributed by atoms with Gasteiger partial charge in [0.2, 0.25) is 11.7 Å². The summed E-state index contributed by atoms with van der Waals surface area (Å²) < 4.78 is 10.9. The number of benzene rings is 2. The Morgan fingerprint density at radius 3 is 2.64 bits per heavy atom. The van der Waals surface area contributed by atoms with Crippen LogP contribution in [-0.4, -0.2) is 16.0 Å². The zero-order valence-electron chi connectivity index (χ0n) is 12.0. The minimum absolute atomic E-state index is 0.0160. The van der Waals surface area contributed by atoms with Crippen molar-refractivity contribution in [1.29, 1.82) is 0 Å². The summed E-state index contributed by atoms with van der Waals surface area (Å²) in [6.07, 6.45) is 0. The molecule has 2 aromatic carbocycles. The van der Waals surface area contributed by atoms with Crippen LogP contribution in [0.25, 0.3) is 0 Å². The van der Waals surface area contributed by atoms with Crippen molar-refractivity contribution in [1.82, 2.24) is 10.2 Å². The van der Waals surface area contributed by atoms with Crippen molar-refractivity contribution in [3.8, 4) is 5.75 Å². The summed E-state index contributed by atoms with van der Waals surface area (Å²) in [4.78, 5) is 12.2. The van der Waals surface area contributed by atoms with Crippen LogP contribution in [-0.2, 0) is 6.61 Å². The molecule has 0 N–H and O–H groups in total. The first-order chi connectivity index (χ1) is 10.7. The largest absolute Gasteiger partial charge is 0.489 e. The van der Waals surface area contributed by atoms with Crippen molar-refractivity contribution in [3.05, 3.63) is 77.5 Å². The molecule has 22 heavy (non-hydrogen) atoms. The molecule has 0 saturated heterocycles. The monoisotopic (exact) mass is 294 g/mol.